The van der Waals surface area contributed by atoms with E-state index >= 15 is 0 Å². The summed E-state index contributed by atoms with van der Waals surface area (Å²) in [6.07, 6.45) is 6.01. The normalized spacial score (nSPS) is 24.6. The van der Waals surface area contributed by atoms with Crippen molar-refractivity contribution in [2.45, 2.75) is 24.8 Å². The molecule has 4 aromatic rings. The summed E-state index contributed by atoms with van der Waals surface area (Å²) in [6, 6.07) is 21.6. The van der Waals surface area contributed by atoms with E-state index in [9.17, 15) is 0 Å². The van der Waals surface area contributed by atoms with E-state index in [2.05, 4.69) is 65.6 Å². The molecule has 3 atom stereocenters. The summed E-state index contributed by atoms with van der Waals surface area (Å²) in [5.41, 5.74) is 13.0. The number of nitrogens with zero attached hydrogens (tertiary/aromatic N) is 5. The van der Waals surface area contributed by atoms with E-state index in [1.54, 1.807) is 11.3 Å². The van der Waals surface area contributed by atoms with Crippen LogP contribution in [0.2, 0.25) is 0 Å². The smallest absolute Gasteiger partial charge is 0.303 e. The monoisotopic (exact) mass is 509 g/mol. The number of para-hydroxylation sites is 1. The van der Waals surface area contributed by atoms with Crippen LogP contribution in [0, 0.1) is 0 Å². The van der Waals surface area contributed by atoms with E-state index in [1.165, 1.54) is 11.3 Å². The molecule has 37 heavy (non-hydrogen) atoms. The minimum absolute atomic E-state index is 0.179. The number of benzene rings is 2. The van der Waals surface area contributed by atoms with Crippen LogP contribution in [0.5, 0.6) is 0 Å². The number of pyridine rings is 1. The highest BCUT2D eigenvalue weighted by atomic mass is 32.1. The fourth-order valence-corrected chi connectivity index (χ4v) is 6.46. The van der Waals surface area contributed by atoms with Gasteiger partial charge in [0.2, 0.25) is 6.34 Å². The molecule has 0 radical (unpaired) electrons. The molecule has 7 rings (SSSR count). The molecule has 1 aliphatic carbocycles. The average Bonchev–Trinajstić information content (AvgIpc) is 3.62. The van der Waals surface area contributed by atoms with Gasteiger partial charge in [0.05, 0.1) is 18.9 Å². The molecule has 1 saturated carbocycles. The van der Waals surface area contributed by atoms with Gasteiger partial charge in [-0.1, -0.05) is 41.7 Å². The van der Waals surface area contributed by atoms with Crippen molar-refractivity contribution in [2.75, 3.05) is 31.2 Å². The van der Waals surface area contributed by atoms with Crippen molar-refractivity contribution in [1.29, 1.82) is 0 Å². The fraction of sp³-hybridized carbons (Fsp3) is 0.276. The number of thiazole rings is 1. The molecule has 4 heterocycles. The lowest BCUT2D eigenvalue weighted by atomic mass is 9.75. The summed E-state index contributed by atoms with van der Waals surface area (Å²) >= 11 is 1.63. The van der Waals surface area contributed by atoms with Crippen LogP contribution in [0.1, 0.15) is 24.3 Å². The zero-order valence-corrected chi connectivity index (χ0v) is 21.3. The van der Waals surface area contributed by atoms with Gasteiger partial charge in [-0.3, -0.25) is 0 Å². The zero-order chi connectivity index (χ0) is 24.8. The van der Waals surface area contributed by atoms with Crippen molar-refractivity contribution >= 4 is 45.7 Å². The van der Waals surface area contributed by atoms with Gasteiger partial charge in [0.1, 0.15) is 0 Å². The van der Waals surface area contributed by atoms with Gasteiger partial charge >= 0.3 is 5.13 Å². The Morgan fingerprint density at radius 3 is 2.68 bits per heavy atom. The molecule has 2 aromatic heterocycles. The summed E-state index contributed by atoms with van der Waals surface area (Å²) in [7, 11) is 0. The quantitative estimate of drug-likeness (QED) is 0.340. The number of morpholine rings is 1. The molecule has 3 aliphatic rings. The number of ether oxygens (including phenoxy) is 1. The maximum absolute atomic E-state index is 6.47. The first-order valence-electron chi connectivity index (χ1n) is 12.9. The lowest BCUT2D eigenvalue weighted by molar-refractivity contribution is 0.122. The molecule has 7 nitrogen and oxygen atoms in total. The van der Waals surface area contributed by atoms with Crippen molar-refractivity contribution < 1.29 is 4.74 Å². The van der Waals surface area contributed by atoms with Crippen LogP contribution in [-0.2, 0) is 4.74 Å². The van der Waals surface area contributed by atoms with E-state index in [1.807, 2.05) is 17.9 Å². The van der Waals surface area contributed by atoms with Crippen LogP contribution in [-0.4, -0.2) is 48.7 Å². The first-order chi connectivity index (χ1) is 18.2. The Morgan fingerprint density at radius 2 is 1.89 bits per heavy atom. The SMILES string of the molecule is NC1CCC1c1ccccc1[N+]1(c2nccs2)C=Nc2ccc(-c3cccc(N4CCOCC4)c3)nc21. The highest BCUT2D eigenvalue weighted by Crippen LogP contribution is 2.54. The lowest BCUT2D eigenvalue weighted by Gasteiger charge is -2.37. The van der Waals surface area contributed by atoms with E-state index in [-0.39, 0.29) is 10.5 Å². The molecule has 3 unspecified atom stereocenters. The van der Waals surface area contributed by atoms with E-state index in [0.29, 0.717) is 5.92 Å². The van der Waals surface area contributed by atoms with E-state index < -0.39 is 0 Å². The second-order valence-corrected chi connectivity index (χ2v) is 10.8. The molecule has 2 aromatic carbocycles. The summed E-state index contributed by atoms with van der Waals surface area (Å²) < 4.78 is 5.83. The standard InChI is InChI=1S/C29H29N6OS/c30-24-9-8-22(24)23-6-1-2-7-27(23)35(29-31-12-17-37-29)19-32-26-11-10-25(33-28(26)35)20-4-3-5-21(18-20)34-13-15-36-16-14-34/h1-7,10-12,17-19,22,24H,8-9,13-16,30H2/q+1. The number of quaternary nitrogens is 1. The van der Waals surface area contributed by atoms with Gasteiger partial charge in [0, 0.05) is 59.5 Å². The van der Waals surface area contributed by atoms with Gasteiger partial charge < -0.3 is 15.4 Å². The number of aliphatic imine (C=N–C) groups is 1. The molecular formula is C29H29N6OS+. The number of fused-ring (bicyclic) bond motifs is 1. The summed E-state index contributed by atoms with van der Waals surface area (Å²) in [6.45, 7) is 3.32. The van der Waals surface area contributed by atoms with E-state index in [0.717, 1.165) is 72.7 Å². The maximum Gasteiger partial charge on any atom is 0.303 e. The maximum atomic E-state index is 6.47. The first-order valence-corrected chi connectivity index (χ1v) is 13.8. The van der Waals surface area contributed by atoms with Crippen molar-refractivity contribution in [2.24, 2.45) is 10.7 Å². The molecule has 2 N–H and O–H groups in total. The lowest BCUT2D eigenvalue weighted by Crippen LogP contribution is -2.41. The van der Waals surface area contributed by atoms with Crippen molar-refractivity contribution in [1.82, 2.24) is 14.5 Å². The Labute approximate surface area is 220 Å². The molecule has 0 bridgehead atoms. The van der Waals surface area contributed by atoms with Gasteiger partial charge in [0.15, 0.2) is 11.4 Å². The first kappa shape index (κ1) is 22.7. The van der Waals surface area contributed by atoms with Crippen LogP contribution in [0.4, 0.5) is 28.0 Å². The van der Waals surface area contributed by atoms with Gasteiger partial charge in [-0.15, -0.1) is 4.48 Å². The van der Waals surface area contributed by atoms with Gasteiger partial charge in [-0.05, 0) is 37.1 Å². The van der Waals surface area contributed by atoms with Crippen molar-refractivity contribution in [3.63, 3.8) is 0 Å². The Hall–Kier alpha value is -3.43. The average molecular weight is 510 g/mol. The van der Waals surface area contributed by atoms with Crippen LogP contribution in [0.3, 0.4) is 0 Å². The molecule has 0 spiro atoms. The predicted octanol–water partition coefficient (Wildman–Crippen LogP) is 5.89. The molecule has 8 heteroatoms. The third kappa shape index (κ3) is 3.71. The Bertz CT molecular complexity index is 1470. The minimum Gasteiger partial charge on any atom is -0.378 e. The largest absolute Gasteiger partial charge is 0.378 e. The highest BCUT2D eigenvalue weighted by molar-refractivity contribution is 7.13. The molecule has 2 fully saturated rings. The van der Waals surface area contributed by atoms with Crippen LogP contribution in [0.25, 0.3) is 11.3 Å². The number of rotatable bonds is 5. The van der Waals surface area contributed by atoms with Gasteiger partial charge in [-0.2, -0.15) is 15.0 Å². The Balaban J connectivity index is 1.37. The van der Waals surface area contributed by atoms with Gasteiger partial charge in [0.25, 0.3) is 5.82 Å². The number of aromatic nitrogens is 2. The van der Waals surface area contributed by atoms with Crippen molar-refractivity contribution in [3.8, 4) is 11.3 Å². The number of anilines is 1. The third-order valence-corrected chi connectivity index (χ3v) is 8.70. The number of hydrogen-bond donors (Lipinski definition) is 1. The topological polar surface area (TPSA) is 76.6 Å². The summed E-state index contributed by atoms with van der Waals surface area (Å²) in [5, 5.41) is 2.95. The van der Waals surface area contributed by atoms with Crippen LogP contribution >= 0.6 is 11.3 Å². The van der Waals surface area contributed by atoms with E-state index in [4.69, 9.17) is 25.4 Å². The summed E-state index contributed by atoms with van der Waals surface area (Å²) in [4.78, 5) is 17.3. The van der Waals surface area contributed by atoms with Gasteiger partial charge in [-0.25, -0.2) is 0 Å². The Kier molecular flexibility index (Phi) is 5.62. The summed E-state index contributed by atoms with van der Waals surface area (Å²) in [5.74, 6) is 1.21. The predicted molar refractivity (Wildman–Crippen MR) is 150 cm³/mol. The number of nitrogens with two attached hydrogens (primary N) is 1. The highest BCUT2D eigenvalue weighted by Gasteiger charge is 2.48. The number of hydrogen-bond acceptors (Lipinski definition) is 7. The molecule has 2 aliphatic heterocycles. The second-order valence-electron chi connectivity index (χ2n) is 9.88. The third-order valence-electron chi connectivity index (χ3n) is 7.84. The Morgan fingerprint density at radius 1 is 1.00 bits per heavy atom. The van der Waals surface area contributed by atoms with Crippen molar-refractivity contribution in [3.05, 3.63) is 77.8 Å². The molecular weight excluding hydrogens is 480 g/mol. The van der Waals surface area contributed by atoms with Crippen LogP contribution < -0.4 is 15.1 Å². The second kappa shape index (κ2) is 9.15. The van der Waals surface area contributed by atoms with Crippen LogP contribution in [0.15, 0.2) is 77.2 Å². The molecule has 1 saturated heterocycles. The zero-order valence-electron chi connectivity index (χ0n) is 20.5. The minimum atomic E-state index is 0.179. The molecule has 0 amide bonds. The fourth-order valence-electron chi connectivity index (χ4n) is 5.69. The molecule has 186 valence electrons.